The van der Waals surface area contributed by atoms with Crippen LogP contribution in [0.4, 0.5) is 0 Å². The minimum atomic E-state index is -0.369. The molecule has 1 amide bonds. The maximum absolute atomic E-state index is 12.0. The smallest absolute Gasteiger partial charge is 0.271 e. The van der Waals surface area contributed by atoms with Gasteiger partial charge in [0, 0.05) is 5.56 Å². The van der Waals surface area contributed by atoms with Crippen molar-refractivity contribution in [2.45, 2.75) is 6.61 Å². The quantitative estimate of drug-likeness (QED) is 0.486. The van der Waals surface area contributed by atoms with E-state index >= 15 is 0 Å². The van der Waals surface area contributed by atoms with E-state index in [1.807, 2.05) is 36.4 Å². The van der Waals surface area contributed by atoms with Crippen molar-refractivity contribution in [2.24, 2.45) is 5.10 Å². The zero-order valence-corrected chi connectivity index (χ0v) is 15.3. The molecule has 28 heavy (non-hydrogen) atoms. The number of hydrogen-bond donors (Lipinski definition) is 2. The van der Waals surface area contributed by atoms with Crippen molar-refractivity contribution in [3.05, 3.63) is 89.5 Å². The molecule has 3 rings (SSSR count). The summed E-state index contributed by atoms with van der Waals surface area (Å²) < 4.78 is 11.2. The summed E-state index contributed by atoms with van der Waals surface area (Å²) in [7, 11) is 1.57. The molecule has 0 aliphatic heterocycles. The van der Waals surface area contributed by atoms with Gasteiger partial charge in [-0.3, -0.25) is 4.79 Å². The van der Waals surface area contributed by atoms with Crippen molar-refractivity contribution in [2.75, 3.05) is 7.11 Å². The SMILES string of the molecule is COc1cc(C=NNC(=O)c2ccc(O)cc2)ccc1OCc1ccccc1. The zero-order valence-electron chi connectivity index (χ0n) is 15.3. The first-order valence-corrected chi connectivity index (χ1v) is 8.63. The Hall–Kier alpha value is -3.80. The van der Waals surface area contributed by atoms with Gasteiger partial charge in [0.2, 0.25) is 0 Å². The molecule has 0 aliphatic rings. The lowest BCUT2D eigenvalue weighted by Crippen LogP contribution is -2.17. The summed E-state index contributed by atoms with van der Waals surface area (Å²) in [5.41, 5.74) is 4.65. The summed E-state index contributed by atoms with van der Waals surface area (Å²) in [4.78, 5) is 12.0. The van der Waals surface area contributed by atoms with Gasteiger partial charge >= 0.3 is 0 Å². The molecule has 142 valence electrons. The normalized spacial score (nSPS) is 10.6. The van der Waals surface area contributed by atoms with Gasteiger partial charge in [-0.2, -0.15) is 5.10 Å². The Labute approximate surface area is 163 Å². The summed E-state index contributed by atoms with van der Waals surface area (Å²) in [6.07, 6.45) is 1.52. The van der Waals surface area contributed by atoms with Crippen molar-refractivity contribution in [1.29, 1.82) is 0 Å². The fourth-order valence-electron chi connectivity index (χ4n) is 2.46. The van der Waals surface area contributed by atoms with E-state index in [0.717, 1.165) is 11.1 Å². The second kappa shape index (κ2) is 9.23. The summed E-state index contributed by atoms with van der Waals surface area (Å²) in [6.45, 7) is 0.438. The number of nitrogens with zero attached hydrogens (tertiary/aromatic N) is 1. The van der Waals surface area contributed by atoms with E-state index in [2.05, 4.69) is 10.5 Å². The first-order chi connectivity index (χ1) is 13.7. The summed E-state index contributed by atoms with van der Waals surface area (Å²) in [5, 5.41) is 13.2. The Morgan fingerprint density at radius 2 is 1.79 bits per heavy atom. The molecule has 0 atom stereocenters. The number of benzene rings is 3. The highest BCUT2D eigenvalue weighted by Gasteiger charge is 2.06. The summed E-state index contributed by atoms with van der Waals surface area (Å²) >= 11 is 0. The third-order valence-electron chi connectivity index (χ3n) is 3.93. The predicted octanol–water partition coefficient (Wildman–Crippen LogP) is 3.74. The molecular formula is C22H20N2O4. The van der Waals surface area contributed by atoms with Gasteiger partial charge < -0.3 is 14.6 Å². The number of carbonyl (C=O) groups is 1. The average Bonchev–Trinajstić information content (AvgIpc) is 2.73. The average molecular weight is 376 g/mol. The van der Waals surface area contributed by atoms with Crippen LogP contribution in [0, 0.1) is 0 Å². The molecule has 0 unspecified atom stereocenters. The number of ether oxygens (including phenoxy) is 2. The Balaban J connectivity index is 1.61. The van der Waals surface area contributed by atoms with Crippen LogP contribution in [0.25, 0.3) is 0 Å². The van der Waals surface area contributed by atoms with Crippen LogP contribution in [0.5, 0.6) is 17.2 Å². The van der Waals surface area contributed by atoms with Gasteiger partial charge in [-0.15, -0.1) is 0 Å². The number of amides is 1. The lowest BCUT2D eigenvalue weighted by molar-refractivity contribution is 0.0955. The minimum Gasteiger partial charge on any atom is -0.508 e. The number of phenols is 1. The topological polar surface area (TPSA) is 80.2 Å². The van der Waals surface area contributed by atoms with Gasteiger partial charge in [-0.25, -0.2) is 5.43 Å². The van der Waals surface area contributed by atoms with Crippen LogP contribution in [0.3, 0.4) is 0 Å². The number of phenolic OH excluding ortho intramolecular Hbond substituents is 1. The highest BCUT2D eigenvalue weighted by molar-refractivity contribution is 5.95. The van der Waals surface area contributed by atoms with Gasteiger partial charge in [-0.1, -0.05) is 30.3 Å². The van der Waals surface area contributed by atoms with Crippen LogP contribution in [-0.2, 0) is 6.61 Å². The van der Waals surface area contributed by atoms with Crippen LogP contribution in [-0.4, -0.2) is 24.3 Å². The van der Waals surface area contributed by atoms with E-state index in [1.54, 1.807) is 19.2 Å². The van der Waals surface area contributed by atoms with Crippen molar-refractivity contribution in [3.63, 3.8) is 0 Å². The van der Waals surface area contributed by atoms with Crippen molar-refractivity contribution in [1.82, 2.24) is 5.43 Å². The molecule has 3 aromatic rings. The molecule has 0 radical (unpaired) electrons. The van der Waals surface area contributed by atoms with Gasteiger partial charge in [0.25, 0.3) is 5.91 Å². The standard InChI is InChI=1S/C22H20N2O4/c1-27-21-13-17(7-12-20(21)28-15-16-5-3-2-4-6-16)14-23-24-22(26)18-8-10-19(25)11-9-18/h2-14,25H,15H2,1H3,(H,24,26). The van der Waals surface area contributed by atoms with Crippen LogP contribution in [0.2, 0.25) is 0 Å². The highest BCUT2D eigenvalue weighted by atomic mass is 16.5. The van der Waals surface area contributed by atoms with E-state index in [4.69, 9.17) is 9.47 Å². The molecule has 0 aliphatic carbocycles. The molecule has 0 saturated carbocycles. The highest BCUT2D eigenvalue weighted by Crippen LogP contribution is 2.28. The Bertz CT molecular complexity index is 954. The number of hydrogen-bond acceptors (Lipinski definition) is 5. The molecule has 0 bridgehead atoms. The molecule has 0 heterocycles. The van der Waals surface area contributed by atoms with Crippen molar-refractivity contribution >= 4 is 12.1 Å². The van der Waals surface area contributed by atoms with E-state index in [1.165, 1.54) is 30.5 Å². The Kier molecular flexibility index (Phi) is 6.25. The zero-order chi connectivity index (χ0) is 19.8. The van der Waals surface area contributed by atoms with Crippen LogP contribution in [0.15, 0.2) is 77.9 Å². The third kappa shape index (κ3) is 5.11. The number of nitrogens with one attached hydrogen (secondary N) is 1. The van der Waals surface area contributed by atoms with E-state index in [9.17, 15) is 9.90 Å². The molecule has 0 saturated heterocycles. The number of rotatable bonds is 7. The summed E-state index contributed by atoms with van der Waals surface area (Å²) in [6, 6.07) is 21.2. The van der Waals surface area contributed by atoms with Crippen molar-refractivity contribution in [3.8, 4) is 17.2 Å². The van der Waals surface area contributed by atoms with Crippen LogP contribution in [0.1, 0.15) is 21.5 Å². The van der Waals surface area contributed by atoms with Crippen LogP contribution >= 0.6 is 0 Å². The molecule has 0 spiro atoms. The van der Waals surface area contributed by atoms with Gasteiger partial charge in [-0.05, 0) is 53.6 Å². The van der Waals surface area contributed by atoms with Crippen molar-refractivity contribution < 1.29 is 19.4 Å². The molecule has 2 N–H and O–H groups in total. The second-order valence-corrected chi connectivity index (χ2v) is 5.93. The third-order valence-corrected chi connectivity index (χ3v) is 3.93. The maximum atomic E-state index is 12.0. The first-order valence-electron chi connectivity index (χ1n) is 8.63. The molecule has 6 nitrogen and oxygen atoms in total. The maximum Gasteiger partial charge on any atom is 0.271 e. The fraction of sp³-hybridized carbons (Fsp3) is 0.0909. The van der Waals surface area contributed by atoms with Gasteiger partial charge in [0.1, 0.15) is 12.4 Å². The minimum absolute atomic E-state index is 0.0988. The first kappa shape index (κ1) is 19.0. The number of hydrazone groups is 1. The molecule has 0 aromatic heterocycles. The lowest BCUT2D eigenvalue weighted by Gasteiger charge is -2.11. The monoisotopic (exact) mass is 376 g/mol. The molecule has 3 aromatic carbocycles. The van der Waals surface area contributed by atoms with Gasteiger partial charge in [0.15, 0.2) is 11.5 Å². The van der Waals surface area contributed by atoms with Crippen LogP contribution < -0.4 is 14.9 Å². The molecule has 0 fully saturated rings. The second-order valence-electron chi connectivity index (χ2n) is 5.93. The Morgan fingerprint density at radius 3 is 2.50 bits per heavy atom. The van der Waals surface area contributed by atoms with E-state index in [0.29, 0.717) is 23.7 Å². The predicted molar refractivity (Wildman–Crippen MR) is 107 cm³/mol. The van der Waals surface area contributed by atoms with E-state index < -0.39 is 0 Å². The molecular weight excluding hydrogens is 356 g/mol. The number of carbonyl (C=O) groups excluding carboxylic acids is 1. The summed E-state index contributed by atoms with van der Waals surface area (Å²) in [5.74, 6) is 0.925. The largest absolute Gasteiger partial charge is 0.508 e. The van der Waals surface area contributed by atoms with E-state index in [-0.39, 0.29) is 11.7 Å². The Morgan fingerprint density at radius 1 is 1.04 bits per heavy atom. The van der Waals surface area contributed by atoms with Gasteiger partial charge in [0.05, 0.1) is 13.3 Å². The lowest BCUT2D eigenvalue weighted by atomic mass is 10.2. The fourth-order valence-corrected chi connectivity index (χ4v) is 2.46. The molecule has 6 heteroatoms. The number of methoxy groups -OCH3 is 1. The number of aromatic hydroxyl groups is 1.